The first-order chi connectivity index (χ1) is 6.74. The molecule has 0 saturated carbocycles. The molecule has 16 heavy (non-hydrogen) atoms. The van der Waals surface area contributed by atoms with Crippen LogP contribution in [0.1, 0.15) is 0 Å². The quantitative estimate of drug-likeness (QED) is 0.547. The summed E-state index contributed by atoms with van der Waals surface area (Å²) in [6, 6.07) is 0. The number of hydrogen-bond acceptors (Lipinski definition) is 3. The summed E-state index contributed by atoms with van der Waals surface area (Å²) in [4.78, 5) is 0. The summed E-state index contributed by atoms with van der Waals surface area (Å²) in [5, 5.41) is 0. The molecule has 0 aromatic carbocycles. The standard InChI is InChI=1S/C3H9F6N4P3/c1-10-14(4,5)11(2)16(8,9)12(3)15(10,6,7)13(14)16/h1-3H3/p+1. The van der Waals surface area contributed by atoms with Crippen molar-refractivity contribution in [2.24, 2.45) is 0 Å². The van der Waals surface area contributed by atoms with Crippen LogP contribution < -0.4 is 4.21 Å². The molecule has 3 saturated heterocycles. The van der Waals surface area contributed by atoms with Crippen LogP contribution in [0.5, 0.6) is 0 Å². The van der Waals surface area contributed by atoms with Gasteiger partial charge in [0.1, 0.15) is 0 Å². The van der Waals surface area contributed by atoms with Gasteiger partial charge < -0.3 is 0 Å². The molecule has 3 rings (SSSR count). The summed E-state index contributed by atoms with van der Waals surface area (Å²) in [6.45, 7) is 0. The van der Waals surface area contributed by atoms with Crippen molar-refractivity contribution in [1.82, 2.24) is 13.3 Å². The molecule has 0 aliphatic carbocycles. The van der Waals surface area contributed by atoms with Crippen molar-refractivity contribution >= 4 is 23.0 Å². The van der Waals surface area contributed by atoms with Crippen LogP contribution in [0, 0.1) is 0 Å². The van der Waals surface area contributed by atoms with Crippen molar-refractivity contribution in [3.05, 3.63) is 0 Å². The number of nitrogens with one attached hydrogen (secondary N) is 1. The molecule has 3 heterocycles. The third-order valence-corrected chi connectivity index (χ3v) is 23.3. The van der Waals surface area contributed by atoms with Gasteiger partial charge in [0.15, 0.2) is 0 Å². The maximum absolute atomic E-state index is 14.0. The molecule has 0 bridgehead atoms. The average molecular weight is 309 g/mol. The molecule has 1 N–H and O–H groups in total. The minimum atomic E-state index is -6.25. The van der Waals surface area contributed by atoms with Gasteiger partial charge in [0, 0.05) is 0 Å². The van der Waals surface area contributed by atoms with Crippen LogP contribution in [0.3, 0.4) is 0 Å². The number of quaternary nitrogens is 1. The molecule has 3 aliphatic rings. The van der Waals surface area contributed by atoms with Crippen LogP contribution in [0.25, 0.3) is 0 Å². The third-order valence-electron chi connectivity index (χ3n) is 3.95. The molecule has 0 unspecified atom stereocenters. The van der Waals surface area contributed by atoms with E-state index in [4.69, 9.17) is 0 Å². The van der Waals surface area contributed by atoms with E-state index < -0.39 is 27.2 Å². The zero-order valence-corrected chi connectivity index (χ0v) is 11.1. The monoisotopic (exact) mass is 309 g/mol. The van der Waals surface area contributed by atoms with Crippen molar-refractivity contribution in [1.29, 1.82) is 0 Å². The van der Waals surface area contributed by atoms with E-state index in [-0.39, 0.29) is 13.3 Å². The van der Waals surface area contributed by atoms with E-state index in [2.05, 4.69) is 0 Å². The molecule has 0 aromatic rings. The SMILES string of the molecule is CN1P2(F)(F)N(C)P3(F)(F)N(C)P1(F)(F)[NH+]23. The van der Waals surface area contributed by atoms with Crippen LogP contribution in [-0.2, 0) is 0 Å². The van der Waals surface area contributed by atoms with Crippen molar-refractivity contribution < 1.29 is 29.4 Å². The second-order valence-electron chi connectivity index (χ2n) is 4.24. The van der Waals surface area contributed by atoms with Gasteiger partial charge in [0.25, 0.3) is 0 Å². The van der Waals surface area contributed by atoms with Crippen LogP contribution in [0.2, 0.25) is 0 Å². The molecule has 3 fully saturated rings. The molecular weight excluding hydrogens is 299 g/mol. The van der Waals surface area contributed by atoms with E-state index >= 15 is 0 Å². The second-order valence-corrected chi connectivity index (χ2v) is 16.1. The Morgan fingerprint density at radius 1 is 0.625 bits per heavy atom. The number of nitrogens with zero attached hydrogens (tertiary/aromatic N) is 3. The Morgan fingerprint density at radius 2 is 0.812 bits per heavy atom. The fourth-order valence-electron chi connectivity index (χ4n) is 2.82. The van der Waals surface area contributed by atoms with E-state index in [0.717, 1.165) is 0 Å². The van der Waals surface area contributed by atoms with Gasteiger partial charge in [-0.15, -0.1) is 0 Å². The van der Waals surface area contributed by atoms with E-state index in [1.165, 1.54) is 0 Å². The van der Waals surface area contributed by atoms with Gasteiger partial charge in [-0.1, -0.05) is 0 Å². The summed E-state index contributed by atoms with van der Waals surface area (Å²) >= 11 is 0. The Kier molecular flexibility index (Phi) is 1.37. The fraction of sp³-hybridized carbons (Fsp3) is 1.00. The van der Waals surface area contributed by atoms with Gasteiger partial charge in [0.05, 0.1) is 0 Å². The molecule has 0 radical (unpaired) electrons. The predicted octanol–water partition coefficient (Wildman–Crippen LogP) is 2.91. The summed E-state index contributed by atoms with van der Waals surface area (Å²) < 4.78 is 80.7. The molecule has 98 valence electrons. The number of rotatable bonds is 0. The van der Waals surface area contributed by atoms with Gasteiger partial charge in [-0.2, -0.15) is 0 Å². The summed E-state index contributed by atoms with van der Waals surface area (Å²) in [5.74, 6) is 0. The molecule has 0 spiro atoms. The van der Waals surface area contributed by atoms with E-state index in [1.54, 1.807) is 0 Å². The topological polar surface area (TPSA) is 14.2 Å². The Morgan fingerprint density at radius 3 is 1.00 bits per heavy atom. The van der Waals surface area contributed by atoms with Gasteiger partial charge in [-0.3, -0.25) is 0 Å². The Hall–Kier alpha value is 0.710. The van der Waals surface area contributed by atoms with E-state index in [9.17, 15) is 25.2 Å². The molecule has 0 aromatic heterocycles. The van der Waals surface area contributed by atoms with Crippen LogP contribution in [0.4, 0.5) is 25.2 Å². The zero-order valence-electron chi connectivity index (χ0n) is 8.45. The van der Waals surface area contributed by atoms with E-state index in [1.807, 2.05) is 0 Å². The van der Waals surface area contributed by atoms with Crippen LogP contribution in [-0.4, -0.2) is 34.5 Å². The molecule has 13 heteroatoms. The van der Waals surface area contributed by atoms with Crippen molar-refractivity contribution in [2.45, 2.75) is 0 Å². The van der Waals surface area contributed by atoms with Gasteiger partial charge in [0.2, 0.25) is 0 Å². The van der Waals surface area contributed by atoms with Crippen molar-refractivity contribution in [3.63, 3.8) is 0 Å². The Labute approximate surface area is 87.7 Å². The first-order valence-electron chi connectivity index (χ1n) is 4.23. The number of halogens is 6. The first-order valence-corrected chi connectivity index (χ1v) is 10.00. The van der Waals surface area contributed by atoms with Gasteiger partial charge >= 0.3 is 86.9 Å². The minimum absolute atomic E-state index is 0.347. The first kappa shape index (κ1) is 11.8. The molecule has 0 amide bonds. The molecule has 0 atom stereocenters. The molecule has 3 aliphatic heterocycles. The molecule has 4 nitrogen and oxygen atoms in total. The Balaban J connectivity index is 2.29. The second kappa shape index (κ2) is 1.86. The molecular formula is C3H10F6N4P3+. The van der Waals surface area contributed by atoms with Crippen LogP contribution in [0.15, 0.2) is 0 Å². The van der Waals surface area contributed by atoms with E-state index in [0.29, 0.717) is 21.1 Å². The summed E-state index contributed by atoms with van der Waals surface area (Å²) in [7, 11) is -17.1. The Bertz CT molecular complexity index is 375. The summed E-state index contributed by atoms with van der Waals surface area (Å²) in [5.41, 5.74) is 0. The maximum atomic E-state index is 14.0. The van der Waals surface area contributed by atoms with Crippen molar-refractivity contribution in [3.8, 4) is 0 Å². The third kappa shape index (κ3) is 0.523. The normalized spacial score (nSPS) is 56.1. The fourth-order valence-corrected chi connectivity index (χ4v) is 26.9. The zero-order chi connectivity index (χ0) is 12.7. The average Bonchev–Trinajstić information content (AvgIpc) is 2.13. The predicted molar refractivity (Wildman–Crippen MR) is 51.7 cm³/mol. The van der Waals surface area contributed by atoms with Crippen LogP contribution >= 0.6 is 23.0 Å². The summed E-state index contributed by atoms with van der Waals surface area (Å²) in [6.07, 6.45) is 0. The van der Waals surface area contributed by atoms with Gasteiger partial charge in [-0.05, 0) is 0 Å². The van der Waals surface area contributed by atoms with Gasteiger partial charge in [-0.25, -0.2) is 0 Å². The number of hydrogen-bond donors (Lipinski definition) is 1. The van der Waals surface area contributed by atoms with Crippen molar-refractivity contribution in [2.75, 3.05) is 21.1 Å².